The molecule has 1 heterocycles. The molecule has 0 aliphatic heterocycles. The molecule has 2 rings (SSSR count). The molecule has 0 radical (unpaired) electrons. The molecule has 1 aromatic carbocycles. The van der Waals surface area contributed by atoms with E-state index in [-0.39, 0.29) is 0 Å². The van der Waals surface area contributed by atoms with Gasteiger partial charge in [-0.1, -0.05) is 30.3 Å². The van der Waals surface area contributed by atoms with Gasteiger partial charge in [-0.3, -0.25) is 4.98 Å². The number of halogens is 3. The van der Waals surface area contributed by atoms with Gasteiger partial charge in [0, 0.05) is 11.8 Å². The van der Waals surface area contributed by atoms with Crippen molar-refractivity contribution in [2.45, 2.75) is 6.18 Å². The lowest BCUT2D eigenvalue weighted by Gasteiger charge is -2.06. The molecule has 0 saturated carbocycles. The summed E-state index contributed by atoms with van der Waals surface area (Å²) in [6.45, 7) is 0. The van der Waals surface area contributed by atoms with Crippen LogP contribution in [-0.4, -0.2) is 4.98 Å². The fourth-order valence-electron chi connectivity index (χ4n) is 1.34. The van der Waals surface area contributed by atoms with E-state index in [1.807, 2.05) is 18.2 Å². The van der Waals surface area contributed by atoms with Crippen molar-refractivity contribution in [1.82, 2.24) is 4.98 Å². The van der Waals surface area contributed by atoms with Crippen molar-refractivity contribution in [3.63, 3.8) is 0 Å². The van der Waals surface area contributed by atoms with E-state index in [9.17, 15) is 13.2 Å². The van der Waals surface area contributed by atoms with Crippen LogP contribution in [0.3, 0.4) is 0 Å². The number of alkyl halides is 3. The van der Waals surface area contributed by atoms with Crippen molar-refractivity contribution >= 4 is 0 Å². The van der Waals surface area contributed by atoms with Crippen LogP contribution in [0.1, 0.15) is 5.56 Å². The zero-order valence-corrected chi connectivity index (χ0v) is 8.20. The highest BCUT2D eigenvalue weighted by molar-refractivity contribution is 5.58. The molecule has 0 unspecified atom stereocenters. The van der Waals surface area contributed by atoms with Crippen LogP contribution in [0.2, 0.25) is 0 Å². The highest BCUT2D eigenvalue weighted by Gasteiger charge is 2.30. The van der Waals surface area contributed by atoms with Crippen molar-refractivity contribution in [2.75, 3.05) is 0 Å². The molecule has 0 aliphatic carbocycles. The van der Waals surface area contributed by atoms with Gasteiger partial charge in [0.15, 0.2) is 0 Å². The lowest BCUT2D eigenvalue weighted by Crippen LogP contribution is -2.05. The summed E-state index contributed by atoms with van der Waals surface area (Å²) < 4.78 is 36.8. The zero-order chi connectivity index (χ0) is 11.6. The maximum Gasteiger partial charge on any atom is 0.417 e. The summed E-state index contributed by atoms with van der Waals surface area (Å²) in [5, 5.41) is 0. The average Bonchev–Trinajstić information content (AvgIpc) is 2.29. The summed E-state index contributed by atoms with van der Waals surface area (Å²) in [6, 6.07) is 11.5. The van der Waals surface area contributed by atoms with E-state index in [1.165, 1.54) is 6.07 Å². The maximum atomic E-state index is 12.3. The first-order valence-electron chi connectivity index (χ1n) is 4.66. The topological polar surface area (TPSA) is 12.9 Å². The number of aromatic nitrogens is 1. The predicted octanol–water partition coefficient (Wildman–Crippen LogP) is 3.77. The van der Waals surface area contributed by atoms with Crippen molar-refractivity contribution in [3.05, 3.63) is 54.2 Å². The molecule has 0 bridgehead atoms. The fraction of sp³-hybridized carbons (Fsp3) is 0.0833. The molecule has 0 aliphatic rings. The summed E-state index contributed by atoms with van der Waals surface area (Å²) in [5.41, 5.74) is 0.608. The molecule has 0 atom stereocenters. The minimum atomic E-state index is -4.33. The number of hydrogen-bond acceptors (Lipinski definition) is 1. The van der Waals surface area contributed by atoms with Crippen LogP contribution in [0.5, 0.6) is 0 Å². The Labute approximate surface area is 90.6 Å². The molecule has 0 amide bonds. The van der Waals surface area contributed by atoms with Crippen molar-refractivity contribution in [2.24, 2.45) is 0 Å². The third-order valence-electron chi connectivity index (χ3n) is 2.16. The molecule has 4 heteroatoms. The van der Waals surface area contributed by atoms with Gasteiger partial charge in [-0.2, -0.15) is 13.2 Å². The molecular formula is C12H8F3N. The third kappa shape index (κ3) is 2.21. The van der Waals surface area contributed by atoms with E-state index in [2.05, 4.69) is 4.98 Å². The quantitative estimate of drug-likeness (QED) is 0.717. The van der Waals surface area contributed by atoms with Gasteiger partial charge in [-0.25, -0.2) is 0 Å². The summed E-state index contributed by atoms with van der Waals surface area (Å²) in [4.78, 5) is 3.80. The lowest BCUT2D eigenvalue weighted by atomic mass is 10.1. The van der Waals surface area contributed by atoms with E-state index in [0.29, 0.717) is 5.69 Å². The molecule has 16 heavy (non-hydrogen) atoms. The second-order valence-corrected chi connectivity index (χ2v) is 3.30. The van der Waals surface area contributed by atoms with Crippen molar-refractivity contribution in [3.8, 4) is 11.3 Å². The first-order valence-corrected chi connectivity index (χ1v) is 4.66. The molecular weight excluding hydrogens is 215 g/mol. The van der Waals surface area contributed by atoms with E-state index < -0.39 is 11.7 Å². The van der Waals surface area contributed by atoms with Gasteiger partial charge in [0.05, 0.1) is 11.3 Å². The Morgan fingerprint density at radius 1 is 0.875 bits per heavy atom. The van der Waals surface area contributed by atoms with Gasteiger partial charge in [-0.05, 0) is 12.1 Å². The Hall–Kier alpha value is -1.84. The van der Waals surface area contributed by atoms with Crippen LogP contribution in [0.15, 0.2) is 48.7 Å². The Morgan fingerprint density at radius 2 is 1.56 bits per heavy atom. The minimum Gasteiger partial charge on any atom is -0.256 e. The molecule has 0 spiro atoms. The van der Waals surface area contributed by atoms with Gasteiger partial charge in [0.2, 0.25) is 0 Å². The van der Waals surface area contributed by atoms with Crippen LogP contribution < -0.4 is 0 Å². The van der Waals surface area contributed by atoms with Gasteiger partial charge >= 0.3 is 6.18 Å². The first-order chi connectivity index (χ1) is 7.57. The van der Waals surface area contributed by atoms with Crippen molar-refractivity contribution in [1.29, 1.82) is 0 Å². The molecule has 1 nitrogen and oxygen atoms in total. The van der Waals surface area contributed by atoms with Gasteiger partial charge in [-0.15, -0.1) is 0 Å². The molecule has 0 saturated heterocycles. The number of rotatable bonds is 1. The molecule has 0 fully saturated rings. The van der Waals surface area contributed by atoms with Gasteiger partial charge in [0.1, 0.15) is 0 Å². The second kappa shape index (κ2) is 3.96. The summed E-state index contributed by atoms with van der Waals surface area (Å²) in [6.07, 6.45) is -3.48. The fourth-order valence-corrected chi connectivity index (χ4v) is 1.34. The van der Waals surface area contributed by atoms with E-state index in [0.717, 1.165) is 17.8 Å². The van der Waals surface area contributed by atoms with E-state index in [1.54, 1.807) is 12.1 Å². The number of benzene rings is 1. The van der Waals surface area contributed by atoms with Crippen LogP contribution >= 0.6 is 0 Å². The Kier molecular flexibility index (Phi) is 2.64. The van der Waals surface area contributed by atoms with Crippen molar-refractivity contribution < 1.29 is 13.2 Å². The normalized spacial score (nSPS) is 11.4. The second-order valence-electron chi connectivity index (χ2n) is 3.30. The van der Waals surface area contributed by atoms with E-state index >= 15 is 0 Å². The highest BCUT2D eigenvalue weighted by atomic mass is 19.4. The number of nitrogens with zero attached hydrogens (tertiary/aromatic N) is 1. The standard InChI is InChI=1S/C12H8F3N/c13-12(14,15)10-6-7-11(16-8-10)9-4-2-1-3-5-9/h1-8H. The molecule has 1 aromatic heterocycles. The highest BCUT2D eigenvalue weighted by Crippen LogP contribution is 2.29. The Balaban J connectivity index is 2.34. The molecule has 0 N–H and O–H groups in total. The summed E-state index contributed by atoms with van der Waals surface area (Å²) in [5.74, 6) is 0. The predicted molar refractivity (Wildman–Crippen MR) is 54.7 cm³/mol. The molecule has 82 valence electrons. The Bertz CT molecular complexity index is 460. The smallest absolute Gasteiger partial charge is 0.256 e. The number of hydrogen-bond donors (Lipinski definition) is 0. The number of pyridine rings is 1. The zero-order valence-electron chi connectivity index (χ0n) is 8.20. The maximum absolute atomic E-state index is 12.3. The van der Waals surface area contributed by atoms with Crippen LogP contribution in [0.25, 0.3) is 11.3 Å². The Morgan fingerprint density at radius 3 is 2.06 bits per heavy atom. The summed E-state index contributed by atoms with van der Waals surface area (Å²) >= 11 is 0. The summed E-state index contributed by atoms with van der Waals surface area (Å²) in [7, 11) is 0. The van der Waals surface area contributed by atoms with Crippen LogP contribution in [0.4, 0.5) is 13.2 Å². The van der Waals surface area contributed by atoms with Crippen LogP contribution in [-0.2, 0) is 6.18 Å². The van der Waals surface area contributed by atoms with Gasteiger partial charge < -0.3 is 0 Å². The minimum absolute atomic E-state index is 0.536. The van der Waals surface area contributed by atoms with Gasteiger partial charge in [0.25, 0.3) is 0 Å². The van der Waals surface area contributed by atoms with Crippen LogP contribution in [0, 0.1) is 0 Å². The lowest BCUT2D eigenvalue weighted by molar-refractivity contribution is -0.137. The van der Waals surface area contributed by atoms with E-state index in [4.69, 9.17) is 0 Å². The average molecular weight is 223 g/mol. The third-order valence-corrected chi connectivity index (χ3v) is 2.16. The largest absolute Gasteiger partial charge is 0.417 e. The SMILES string of the molecule is FC(F)(F)c1ccc(-c2ccccc2)nc1. The molecule has 2 aromatic rings. The monoisotopic (exact) mass is 223 g/mol. The first kappa shape index (κ1) is 10.7.